The maximum absolute atomic E-state index is 14.4. The largest absolute Gasteiger partial charge is 0.369 e. The monoisotopic (exact) mass is 530 g/mol. The minimum Gasteiger partial charge on any atom is -0.369 e. The standard InChI is InChI=1S/C22H20FIN6O/c1-13-19(24)20(29-22(25)27-13)26-12-6-11-17-28-16-10-5-9-15(23)18(16)21(31)30(17)14-7-3-2-4-8-14/h2-5,7-10H,6,11-12H2,1H3,(H3,25,26,27,29). The molecule has 158 valence electrons. The summed E-state index contributed by atoms with van der Waals surface area (Å²) in [4.78, 5) is 26.2. The Morgan fingerprint density at radius 3 is 2.65 bits per heavy atom. The van der Waals surface area contributed by atoms with Crippen molar-refractivity contribution in [1.82, 2.24) is 19.5 Å². The predicted molar refractivity (Wildman–Crippen MR) is 128 cm³/mol. The lowest BCUT2D eigenvalue weighted by atomic mass is 10.2. The summed E-state index contributed by atoms with van der Waals surface area (Å²) in [6, 6.07) is 13.7. The summed E-state index contributed by atoms with van der Waals surface area (Å²) in [5.74, 6) is 0.902. The van der Waals surface area contributed by atoms with E-state index in [1.807, 2.05) is 37.3 Å². The molecule has 2 heterocycles. The molecule has 0 aliphatic heterocycles. The molecule has 0 atom stereocenters. The summed E-state index contributed by atoms with van der Waals surface area (Å²) >= 11 is 2.18. The molecule has 4 rings (SSSR count). The number of benzene rings is 2. The van der Waals surface area contributed by atoms with Crippen LogP contribution in [0, 0.1) is 16.3 Å². The van der Waals surface area contributed by atoms with E-state index >= 15 is 0 Å². The first kappa shape index (κ1) is 21.2. The zero-order valence-corrected chi connectivity index (χ0v) is 18.9. The van der Waals surface area contributed by atoms with Crippen molar-refractivity contribution in [2.45, 2.75) is 19.8 Å². The van der Waals surface area contributed by atoms with Gasteiger partial charge in [-0.05, 0) is 60.2 Å². The SMILES string of the molecule is Cc1nc(N)nc(NCCCc2nc3cccc(F)c3c(=O)n2-c2ccccc2)c1I. The Hall–Kier alpha value is -3.08. The zero-order valence-electron chi connectivity index (χ0n) is 16.8. The third kappa shape index (κ3) is 4.36. The minimum atomic E-state index is -0.570. The Balaban J connectivity index is 1.64. The number of hydrogen-bond acceptors (Lipinski definition) is 6. The van der Waals surface area contributed by atoms with Crippen molar-refractivity contribution >= 4 is 45.3 Å². The van der Waals surface area contributed by atoms with Gasteiger partial charge < -0.3 is 11.1 Å². The number of anilines is 2. The van der Waals surface area contributed by atoms with Crippen LogP contribution in [-0.2, 0) is 6.42 Å². The Morgan fingerprint density at radius 2 is 1.87 bits per heavy atom. The van der Waals surface area contributed by atoms with Gasteiger partial charge in [0.15, 0.2) is 0 Å². The number of hydrogen-bond donors (Lipinski definition) is 2. The van der Waals surface area contributed by atoms with Crippen LogP contribution in [0.25, 0.3) is 16.6 Å². The van der Waals surface area contributed by atoms with Gasteiger partial charge in [0, 0.05) is 13.0 Å². The Labute approximate surface area is 191 Å². The molecule has 3 N–H and O–H groups in total. The predicted octanol–water partition coefficient (Wildman–Crippen LogP) is 3.85. The van der Waals surface area contributed by atoms with Crippen molar-refractivity contribution in [2.24, 2.45) is 0 Å². The lowest BCUT2D eigenvalue weighted by Crippen LogP contribution is -2.25. The second kappa shape index (κ2) is 8.96. The van der Waals surface area contributed by atoms with Crippen LogP contribution in [0.15, 0.2) is 53.3 Å². The molecule has 7 nitrogen and oxygen atoms in total. The van der Waals surface area contributed by atoms with E-state index < -0.39 is 11.4 Å². The van der Waals surface area contributed by atoms with E-state index in [0.29, 0.717) is 42.2 Å². The average molecular weight is 530 g/mol. The zero-order chi connectivity index (χ0) is 22.0. The minimum absolute atomic E-state index is 0.00489. The van der Waals surface area contributed by atoms with Gasteiger partial charge in [-0.1, -0.05) is 24.3 Å². The number of nitrogen functional groups attached to an aromatic ring is 1. The molecule has 0 aliphatic rings. The van der Waals surface area contributed by atoms with E-state index in [9.17, 15) is 9.18 Å². The molecule has 0 fully saturated rings. The summed E-state index contributed by atoms with van der Waals surface area (Å²) < 4.78 is 16.8. The lowest BCUT2D eigenvalue weighted by Gasteiger charge is -2.14. The molecule has 31 heavy (non-hydrogen) atoms. The summed E-state index contributed by atoms with van der Waals surface area (Å²) in [5, 5.41) is 3.27. The molecule has 0 spiro atoms. The van der Waals surface area contributed by atoms with Gasteiger partial charge in [-0.2, -0.15) is 4.98 Å². The van der Waals surface area contributed by atoms with E-state index in [1.165, 1.54) is 10.6 Å². The van der Waals surface area contributed by atoms with Crippen LogP contribution in [0.1, 0.15) is 17.9 Å². The molecular weight excluding hydrogens is 510 g/mol. The van der Waals surface area contributed by atoms with Gasteiger partial charge in [0.1, 0.15) is 22.8 Å². The fourth-order valence-corrected chi connectivity index (χ4v) is 3.83. The molecule has 2 aromatic carbocycles. The summed E-state index contributed by atoms with van der Waals surface area (Å²) in [6.45, 7) is 2.47. The summed E-state index contributed by atoms with van der Waals surface area (Å²) in [6.07, 6.45) is 1.19. The fraction of sp³-hybridized carbons (Fsp3) is 0.182. The molecule has 0 unspecified atom stereocenters. The topological polar surface area (TPSA) is 98.7 Å². The van der Waals surface area contributed by atoms with Crippen molar-refractivity contribution in [2.75, 3.05) is 17.6 Å². The molecule has 0 saturated heterocycles. The average Bonchev–Trinajstić information content (AvgIpc) is 2.75. The molecule has 0 radical (unpaired) electrons. The van der Waals surface area contributed by atoms with E-state index in [0.717, 1.165) is 9.26 Å². The molecule has 2 aromatic heterocycles. The normalized spacial score (nSPS) is 11.1. The quantitative estimate of drug-likeness (QED) is 0.290. The summed E-state index contributed by atoms with van der Waals surface area (Å²) in [7, 11) is 0. The molecular formula is C22H20FIN6O. The molecule has 9 heteroatoms. The van der Waals surface area contributed by atoms with E-state index in [2.05, 4.69) is 42.9 Å². The molecule has 0 bridgehead atoms. The number of nitrogens with zero attached hydrogens (tertiary/aromatic N) is 4. The van der Waals surface area contributed by atoms with Gasteiger partial charge in [-0.25, -0.2) is 14.4 Å². The first-order chi connectivity index (χ1) is 15.0. The van der Waals surface area contributed by atoms with Crippen LogP contribution in [-0.4, -0.2) is 26.1 Å². The highest BCUT2D eigenvalue weighted by Gasteiger charge is 2.15. The smallest absolute Gasteiger partial charge is 0.268 e. The van der Waals surface area contributed by atoms with Gasteiger partial charge in [-0.3, -0.25) is 9.36 Å². The maximum Gasteiger partial charge on any atom is 0.268 e. The Bertz CT molecular complexity index is 1310. The second-order valence-corrected chi connectivity index (χ2v) is 8.08. The first-order valence-corrected chi connectivity index (χ1v) is 10.8. The number of fused-ring (bicyclic) bond motifs is 1. The number of nitrogens with two attached hydrogens (primary N) is 1. The molecule has 0 aliphatic carbocycles. The number of para-hydroxylation sites is 1. The number of aromatic nitrogens is 4. The molecule has 0 amide bonds. The number of aryl methyl sites for hydroxylation is 2. The summed E-state index contributed by atoms with van der Waals surface area (Å²) in [5.41, 5.74) is 7.16. The molecule has 4 aromatic rings. The number of rotatable bonds is 6. The maximum atomic E-state index is 14.4. The van der Waals surface area contributed by atoms with Gasteiger partial charge in [0.2, 0.25) is 5.95 Å². The third-order valence-corrected chi connectivity index (χ3v) is 6.13. The Kier molecular flexibility index (Phi) is 6.12. The highest BCUT2D eigenvalue weighted by molar-refractivity contribution is 14.1. The van der Waals surface area contributed by atoms with E-state index in [1.54, 1.807) is 12.1 Å². The van der Waals surface area contributed by atoms with Gasteiger partial charge >= 0.3 is 0 Å². The highest BCUT2D eigenvalue weighted by Crippen LogP contribution is 2.20. The van der Waals surface area contributed by atoms with Crippen molar-refractivity contribution in [1.29, 1.82) is 0 Å². The number of nitrogens with one attached hydrogen (secondary N) is 1. The first-order valence-electron chi connectivity index (χ1n) is 9.75. The van der Waals surface area contributed by atoms with Gasteiger partial charge in [0.25, 0.3) is 5.56 Å². The van der Waals surface area contributed by atoms with Crippen LogP contribution >= 0.6 is 22.6 Å². The van der Waals surface area contributed by atoms with Crippen molar-refractivity contribution < 1.29 is 4.39 Å². The van der Waals surface area contributed by atoms with Crippen LogP contribution in [0.3, 0.4) is 0 Å². The van der Waals surface area contributed by atoms with Gasteiger partial charge in [-0.15, -0.1) is 0 Å². The third-order valence-electron chi connectivity index (χ3n) is 4.83. The van der Waals surface area contributed by atoms with Crippen molar-refractivity contribution in [3.05, 3.63) is 79.8 Å². The highest BCUT2D eigenvalue weighted by atomic mass is 127. The second-order valence-electron chi connectivity index (χ2n) is 7.00. The van der Waals surface area contributed by atoms with Crippen LogP contribution < -0.4 is 16.6 Å². The van der Waals surface area contributed by atoms with Crippen molar-refractivity contribution in [3.8, 4) is 5.69 Å². The van der Waals surface area contributed by atoms with Crippen molar-refractivity contribution in [3.63, 3.8) is 0 Å². The van der Waals surface area contributed by atoms with E-state index in [4.69, 9.17) is 5.73 Å². The molecule has 0 saturated carbocycles. The lowest BCUT2D eigenvalue weighted by molar-refractivity contribution is 0.636. The fourth-order valence-electron chi connectivity index (χ4n) is 3.40. The van der Waals surface area contributed by atoms with Gasteiger partial charge in [0.05, 0.1) is 20.5 Å². The van der Waals surface area contributed by atoms with Crippen LogP contribution in [0.2, 0.25) is 0 Å². The Morgan fingerprint density at radius 1 is 1.10 bits per heavy atom. The van der Waals surface area contributed by atoms with E-state index in [-0.39, 0.29) is 11.3 Å². The van der Waals surface area contributed by atoms with Crippen LogP contribution in [0.4, 0.5) is 16.2 Å². The van der Waals surface area contributed by atoms with Crippen LogP contribution in [0.5, 0.6) is 0 Å². The number of halogens is 2.